The highest BCUT2D eigenvalue weighted by molar-refractivity contribution is 5.87. The monoisotopic (exact) mass is 346 g/mol. The summed E-state index contributed by atoms with van der Waals surface area (Å²) in [6, 6.07) is 6.79. The van der Waals surface area contributed by atoms with Gasteiger partial charge in [-0.05, 0) is 24.6 Å². The van der Waals surface area contributed by atoms with Crippen LogP contribution >= 0.6 is 0 Å². The lowest BCUT2D eigenvalue weighted by atomic mass is 9.96. The maximum atomic E-state index is 11.2. The van der Waals surface area contributed by atoms with Crippen LogP contribution in [0.4, 0.5) is 0 Å². The van der Waals surface area contributed by atoms with Gasteiger partial charge in [0.1, 0.15) is 0 Å². The van der Waals surface area contributed by atoms with Crippen LogP contribution in [0.25, 0.3) is 0 Å². The molecule has 0 radical (unpaired) electrons. The normalized spacial score (nSPS) is 10.3. The van der Waals surface area contributed by atoms with E-state index in [0.717, 1.165) is 16.7 Å². The Bertz CT molecular complexity index is 782. The largest absolute Gasteiger partial charge is 0.492 e. The summed E-state index contributed by atoms with van der Waals surface area (Å²) in [4.78, 5) is 11.2. The Balaban J connectivity index is 2.64. The first kappa shape index (κ1) is 18.4. The molecule has 2 aromatic rings. The fourth-order valence-corrected chi connectivity index (χ4v) is 2.88. The number of carboxylic acid groups (broad SMARTS) is 1. The van der Waals surface area contributed by atoms with E-state index < -0.39 is 5.97 Å². The van der Waals surface area contributed by atoms with Gasteiger partial charge in [-0.2, -0.15) is 0 Å². The lowest BCUT2D eigenvalue weighted by molar-refractivity contribution is 0.0696. The summed E-state index contributed by atoms with van der Waals surface area (Å²) in [5.41, 5.74) is 2.77. The highest BCUT2D eigenvalue weighted by Crippen LogP contribution is 2.49. The van der Waals surface area contributed by atoms with Crippen molar-refractivity contribution in [1.29, 1.82) is 0 Å². The van der Waals surface area contributed by atoms with E-state index in [1.807, 2.05) is 13.0 Å². The van der Waals surface area contributed by atoms with Crippen LogP contribution < -0.4 is 18.9 Å². The lowest BCUT2D eigenvalue weighted by Gasteiger charge is -2.21. The van der Waals surface area contributed by atoms with Gasteiger partial charge in [-0.15, -0.1) is 0 Å². The van der Waals surface area contributed by atoms with Crippen molar-refractivity contribution in [2.45, 2.75) is 13.3 Å². The van der Waals surface area contributed by atoms with E-state index in [9.17, 15) is 9.90 Å². The summed E-state index contributed by atoms with van der Waals surface area (Å²) in [5, 5.41) is 9.18. The van der Waals surface area contributed by atoms with E-state index in [1.165, 1.54) is 14.2 Å². The number of carboxylic acids is 1. The van der Waals surface area contributed by atoms with Gasteiger partial charge in [-0.1, -0.05) is 12.1 Å². The fraction of sp³-hybridized carbons (Fsp3) is 0.316. The molecule has 0 unspecified atom stereocenters. The Labute approximate surface area is 146 Å². The maximum absolute atomic E-state index is 11.2. The average molecular weight is 346 g/mol. The number of aromatic carboxylic acids is 1. The summed E-state index contributed by atoms with van der Waals surface area (Å²) < 4.78 is 22.0. The van der Waals surface area contributed by atoms with Gasteiger partial charge in [0.2, 0.25) is 11.5 Å². The van der Waals surface area contributed by atoms with Crippen molar-refractivity contribution in [1.82, 2.24) is 0 Å². The minimum Gasteiger partial charge on any atom is -0.492 e. The van der Waals surface area contributed by atoms with Crippen LogP contribution in [0.3, 0.4) is 0 Å². The number of carbonyl (C=O) groups is 1. The topological polar surface area (TPSA) is 74.2 Å². The lowest BCUT2D eigenvalue weighted by Crippen LogP contribution is -2.06. The molecule has 0 spiro atoms. The third kappa shape index (κ3) is 3.47. The van der Waals surface area contributed by atoms with E-state index in [-0.39, 0.29) is 5.56 Å². The van der Waals surface area contributed by atoms with Gasteiger partial charge in [0.05, 0.1) is 34.0 Å². The zero-order valence-electron chi connectivity index (χ0n) is 15.0. The number of rotatable bonds is 7. The molecule has 0 saturated carbocycles. The molecule has 1 N–H and O–H groups in total. The number of benzene rings is 2. The van der Waals surface area contributed by atoms with E-state index in [2.05, 4.69) is 0 Å². The third-order valence-electron chi connectivity index (χ3n) is 4.06. The van der Waals surface area contributed by atoms with Crippen LogP contribution in [-0.4, -0.2) is 39.5 Å². The maximum Gasteiger partial charge on any atom is 0.335 e. The molecule has 0 aliphatic carbocycles. The minimum atomic E-state index is -0.963. The molecule has 0 aliphatic heterocycles. The predicted molar refractivity (Wildman–Crippen MR) is 93.6 cm³/mol. The van der Waals surface area contributed by atoms with Crippen molar-refractivity contribution in [3.05, 3.63) is 46.5 Å². The van der Waals surface area contributed by atoms with Crippen molar-refractivity contribution in [2.75, 3.05) is 28.4 Å². The summed E-state index contributed by atoms with van der Waals surface area (Å²) in [7, 11) is 6.19. The Kier molecular flexibility index (Phi) is 5.75. The van der Waals surface area contributed by atoms with Crippen LogP contribution in [0.1, 0.15) is 27.0 Å². The number of methoxy groups -OCH3 is 4. The van der Waals surface area contributed by atoms with E-state index in [4.69, 9.17) is 18.9 Å². The standard InChI is InChI=1S/C19H22O6/c1-11-14(10-12-7-6-8-13(9-12)19(20)21)16(23-3)18(25-5)17(24-4)15(11)22-2/h6-9H,10H2,1-5H3,(H,20,21). The highest BCUT2D eigenvalue weighted by Gasteiger charge is 2.25. The van der Waals surface area contributed by atoms with Crippen molar-refractivity contribution < 1.29 is 28.8 Å². The van der Waals surface area contributed by atoms with E-state index in [1.54, 1.807) is 32.4 Å². The predicted octanol–water partition coefficient (Wildman–Crippen LogP) is 3.32. The van der Waals surface area contributed by atoms with Gasteiger partial charge >= 0.3 is 5.97 Å². The molecule has 0 saturated heterocycles. The van der Waals surface area contributed by atoms with Gasteiger partial charge in [0.15, 0.2) is 11.5 Å². The van der Waals surface area contributed by atoms with Gasteiger partial charge in [0, 0.05) is 17.5 Å². The second-order valence-corrected chi connectivity index (χ2v) is 5.42. The minimum absolute atomic E-state index is 0.238. The van der Waals surface area contributed by atoms with Gasteiger partial charge < -0.3 is 24.1 Å². The molecular formula is C19H22O6. The second kappa shape index (κ2) is 7.79. The first-order valence-electron chi connectivity index (χ1n) is 7.66. The Morgan fingerprint density at radius 2 is 1.48 bits per heavy atom. The summed E-state index contributed by atoms with van der Waals surface area (Å²) in [6.45, 7) is 1.90. The molecule has 0 aliphatic rings. The highest BCUT2D eigenvalue weighted by atomic mass is 16.5. The molecule has 6 nitrogen and oxygen atoms in total. The molecule has 0 fully saturated rings. The van der Waals surface area contributed by atoms with Crippen molar-refractivity contribution in [3.63, 3.8) is 0 Å². The van der Waals surface area contributed by atoms with E-state index in [0.29, 0.717) is 29.4 Å². The Hall–Kier alpha value is -2.89. The Morgan fingerprint density at radius 1 is 0.920 bits per heavy atom. The summed E-state index contributed by atoms with van der Waals surface area (Å²) >= 11 is 0. The molecule has 0 atom stereocenters. The summed E-state index contributed by atoms with van der Waals surface area (Å²) in [5.74, 6) is 1.04. The van der Waals surface area contributed by atoms with Crippen molar-refractivity contribution >= 4 is 5.97 Å². The molecule has 134 valence electrons. The number of ether oxygens (including phenoxy) is 4. The van der Waals surface area contributed by atoms with Crippen LogP contribution in [0.5, 0.6) is 23.0 Å². The van der Waals surface area contributed by atoms with Crippen LogP contribution in [0.2, 0.25) is 0 Å². The SMILES string of the molecule is COc1c(C)c(Cc2cccc(C(=O)O)c2)c(OC)c(OC)c1OC. The van der Waals surface area contributed by atoms with Gasteiger partial charge in [-0.25, -0.2) is 4.79 Å². The average Bonchev–Trinajstić information content (AvgIpc) is 2.62. The molecule has 2 rings (SSSR count). The molecule has 0 aromatic heterocycles. The van der Waals surface area contributed by atoms with Crippen molar-refractivity contribution in [3.8, 4) is 23.0 Å². The van der Waals surface area contributed by atoms with Gasteiger partial charge in [-0.3, -0.25) is 0 Å². The van der Waals surface area contributed by atoms with Crippen LogP contribution in [-0.2, 0) is 6.42 Å². The Morgan fingerprint density at radius 3 is 2.00 bits per heavy atom. The van der Waals surface area contributed by atoms with Crippen LogP contribution in [0, 0.1) is 6.92 Å². The zero-order chi connectivity index (χ0) is 18.6. The second-order valence-electron chi connectivity index (χ2n) is 5.42. The molecule has 25 heavy (non-hydrogen) atoms. The first-order chi connectivity index (χ1) is 12.0. The quantitative estimate of drug-likeness (QED) is 0.829. The van der Waals surface area contributed by atoms with Crippen molar-refractivity contribution in [2.24, 2.45) is 0 Å². The molecule has 0 amide bonds. The summed E-state index contributed by atoms with van der Waals surface area (Å²) in [6.07, 6.45) is 0.465. The molecular weight excluding hydrogens is 324 g/mol. The first-order valence-corrected chi connectivity index (χ1v) is 7.66. The smallest absolute Gasteiger partial charge is 0.335 e. The molecule has 0 bridgehead atoms. The fourth-order valence-electron chi connectivity index (χ4n) is 2.88. The van der Waals surface area contributed by atoms with Crippen LogP contribution in [0.15, 0.2) is 24.3 Å². The van der Waals surface area contributed by atoms with Gasteiger partial charge in [0.25, 0.3) is 0 Å². The third-order valence-corrected chi connectivity index (χ3v) is 4.06. The molecule has 0 heterocycles. The van der Waals surface area contributed by atoms with E-state index >= 15 is 0 Å². The molecule has 2 aromatic carbocycles. The zero-order valence-corrected chi connectivity index (χ0v) is 15.0. The molecule has 6 heteroatoms. The number of hydrogen-bond acceptors (Lipinski definition) is 5. The number of hydrogen-bond donors (Lipinski definition) is 1.